The Bertz CT molecular complexity index is 750. The number of carbonyl (C=O) groups is 1. The van der Waals surface area contributed by atoms with Crippen LogP contribution in [-0.2, 0) is 20.3 Å². The van der Waals surface area contributed by atoms with E-state index in [-0.39, 0.29) is 12.5 Å². The Labute approximate surface area is 226 Å². The second-order valence-electron chi connectivity index (χ2n) is 9.22. The van der Waals surface area contributed by atoms with Crippen LogP contribution in [0.25, 0.3) is 0 Å². The Balaban J connectivity index is 2.15. The summed E-state index contributed by atoms with van der Waals surface area (Å²) in [6.45, 7) is 2.02. The second kappa shape index (κ2) is 20.3. The van der Waals surface area contributed by atoms with Gasteiger partial charge in [-0.15, -0.1) is 0 Å². The van der Waals surface area contributed by atoms with Crippen LogP contribution in [0.4, 0.5) is 0 Å². The van der Waals surface area contributed by atoms with E-state index in [1.165, 1.54) is 57.8 Å². The van der Waals surface area contributed by atoms with Crippen LogP contribution in [-0.4, -0.2) is 28.3 Å². The molecule has 0 aromatic heterocycles. The highest BCUT2D eigenvalue weighted by Crippen LogP contribution is 2.35. The van der Waals surface area contributed by atoms with Crippen LogP contribution in [0.5, 0.6) is 0 Å². The molecule has 0 saturated heterocycles. The highest BCUT2D eigenvalue weighted by atomic mass is 127. The summed E-state index contributed by atoms with van der Waals surface area (Å²) in [5, 5.41) is 2.88. The Kier molecular flexibility index (Phi) is 18.8. The molecule has 8 heteroatoms. The van der Waals surface area contributed by atoms with Crippen molar-refractivity contribution in [1.82, 2.24) is 5.32 Å². The SMILES string of the molecule is CCCCCCCC/C=C\CCCCCCCC(=O)N[C@H](COP(=O)(O)O)Cc1ccc(I)cc1. The zero-order valence-electron chi connectivity index (χ0n) is 21.3. The van der Waals surface area contributed by atoms with Gasteiger partial charge < -0.3 is 15.1 Å². The average Bonchev–Trinajstić information content (AvgIpc) is 2.81. The molecule has 200 valence electrons. The van der Waals surface area contributed by atoms with Crippen molar-refractivity contribution < 1.29 is 23.7 Å². The highest BCUT2D eigenvalue weighted by Gasteiger charge is 2.20. The number of nitrogens with one attached hydrogen (secondary N) is 1. The van der Waals surface area contributed by atoms with Crippen LogP contribution < -0.4 is 5.32 Å². The normalized spacial score (nSPS) is 12.8. The highest BCUT2D eigenvalue weighted by molar-refractivity contribution is 14.1. The summed E-state index contributed by atoms with van der Waals surface area (Å²) < 4.78 is 16.9. The minimum Gasteiger partial charge on any atom is -0.351 e. The molecule has 6 nitrogen and oxygen atoms in total. The number of rotatable bonds is 21. The van der Waals surface area contributed by atoms with E-state index in [9.17, 15) is 9.36 Å². The first-order chi connectivity index (χ1) is 16.8. The molecule has 1 amide bonds. The predicted octanol–water partition coefficient (Wildman–Crippen LogP) is 7.47. The molecule has 0 heterocycles. The lowest BCUT2D eigenvalue weighted by Crippen LogP contribution is -2.39. The maximum Gasteiger partial charge on any atom is 0.469 e. The van der Waals surface area contributed by atoms with Gasteiger partial charge in [-0.1, -0.05) is 82.6 Å². The van der Waals surface area contributed by atoms with E-state index in [0.29, 0.717) is 12.8 Å². The van der Waals surface area contributed by atoms with E-state index in [1.54, 1.807) is 0 Å². The van der Waals surface area contributed by atoms with E-state index in [4.69, 9.17) is 9.79 Å². The number of phosphoric ester groups is 1. The number of phosphoric acid groups is 1. The minimum atomic E-state index is -4.59. The molecule has 0 radical (unpaired) electrons. The maximum absolute atomic E-state index is 12.4. The Morgan fingerprint density at radius 2 is 1.49 bits per heavy atom. The van der Waals surface area contributed by atoms with Crippen molar-refractivity contribution in [2.24, 2.45) is 0 Å². The fourth-order valence-electron chi connectivity index (χ4n) is 3.90. The molecule has 1 atom stereocenters. The molecule has 0 bridgehead atoms. The van der Waals surface area contributed by atoms with Gasteiger partial charge in [0.1, 0.15) is 0 Å². The number of benzene rings is 1. The van der Waals surface area contributed by atoms with E-state index in [2.05, 4.69) is 51.5 Å². The summed E-state index contributed by atoms with van der Waals surface area (Å²) in [6, 6.07) is 7.33. The summed E-state index contributed by atoms with van der Waals surface area (Å²) >= 11 is 2.22. The molecule has 1 rings (SSSR count). The number of halogens is 1. The Morgan fingerprint density at radius 3 is 2.06 bits per heavy atom. The number of hydrogen-bond acceptors (Lipinski definition) is 3. The molecule has 0 saturated carbocycles. The predicted molar refractivity (Wildman–Crippen MR) is 152 cm³/mol. The smallest absolute Gasteiger partial charge is 0.351 e. The molecule has 0 fully saturated rings. The van der Waals surface area contributed by atoms with Crippen molar-refractivity contribution >= 4 is 36.3 Å². The van der Waals surface area contributed by atoms with Crippen LogP contribution >= 0.6 is 30.4 Å². The van der Waals surface area contributed by atoms with Crippen LogP contribution in [0.15, 0.2) is 36.4 Å². The first-order valence-corrected chi connectivity index (χ1v) is 15.8. The number of hydrogen-bond donors (Lipinski definition) is 3. The summed E-state index contributed by atoms with van der Waals surface area (Å²) in [7, 11) is -4.59. The lowest BCUT2D eigenvalue weighted by atomic mass is 10.1. The summed E-state index contributed by atoms with van der Waals surface area (Å²) in [5.41, 5.74) is 0.978. The van der Waals surface area contributed by atoms with Gasteiger partial charge in [-0.05, 0) is 78.8 Å². The van der Waals surface area contributed by atoms with Gasteiger partial charge in [0.05, 0.1) is 12.6 Å². The largest absolute Gasteiger partial charge is 0.469 e. The third-order valence-electron chi connectivity index (χ3n) is 5.87. The quantitative estimate of drug-likeness (QED) is 0.0573. The van der Waals surface area contributed by atoms with Gasteiger partial charge in [-0.2, -0.15) is 0 Å². The molecular formula is C27H45INO5P. The first kappa shape index (κ1) is 32.3. The van der Waals surface area contributed by atoms with Gasteiger partial charge in [-0.25, -0.2) is 4.57 Å². The summed E-state index contributed by atoms with van der Waals surface area (Å²) in [5.74, 6) is -0.104. The molecule has 1 aromatic rings. The fraction of sp³-hybridized carbons (Fsp3) is 0.667. The maximum atomic E-state index is 12.4. The van der Waals surface area contributed by atoms with Crippen LogP contribution in [0.1, 0.15) is 102 Å². The molecule has 1 aromatic carbocycles. The molecule has 0 aliphatic rings. The van der Waals surface area contributed by atoms with Crippen molar-refractivity contribution in [1.29, 1.82) is 0 Å². The van der Waals surface area contributed by atoms with Crippen molar-refractivity contribution in [3.8, 4) is 0 Å². The van der Waals surface area contributed by atoms with Gasteiger partial charge in [-0.3, -0.25) is 9.32 Å². The van der Waals surface area contributed by atoms with E-state index < -0.39 is 13.9 Å². The number of unbranched alkanes of at least 4 members (excludes halogenated alkanes) is 11. The lowest BCUT2D eigenvalue weighted by Gasteiger charge is -2.19. The van der Waals surface area contributed by atoms with E-state index >= 15 is 0 Å². The van der Waals surface area contributed by atoms with Crippen molar-refractivity contribution in [3.05, 3.63) is 45.6 Å². The fourth-order valence-corrected chi connectivity index (χ4v) is 4.63. The van der Waals surface area contributed by atoms with Gasteiger partial charge in [0.25, 0.3) is 0 Å². The van der Waals surface area contributed by atoms with Gasteiger partial charge in [0.15, 0.2) is 0 Å². The van der Waals surface area contributed by atoms with Crippen LogP contribution in [0.2, 0.25) is 0 Å². The second-order valence-corrected chi connectivity index (χ2v) is 11.7. The third kappa shape index (κ3) is 20.1. The Morgan fingerprint density at radius 1 is 0.943 bits per heavy atom. The van der Waals surface area contributed by atoms with Gasteiger partial charge >= 0.3 is 7.82 Å². The lowest BCUT2D eigenvalue weighted by molar-refractivity contribution is -0.122. The third-order valence-corrected chi connectivity index (χ3v) is 7.07. The molecular weight excluding hydrogens is 576 g/mol. The molecule has 3 N–H and O–H groups in total. The van der Waals surface area contributed by atoms with Crippen molar-refractivity contribution in [2.45, 2.75) is 109 Å². The molecule has 0 unspecified atom stereocenters. The van der Waals surface area contributed by atoms with Crippen molar-refractivity contribution in [2.75, 3.05) is 6.61 Å². The number of amides is 1. The molecule has 0 aliphatic carbocycles. The van der Waals surface area contributed by atoms with Crippen LogP contribution in [0.3, 0.4) is 0 Å². The standard InChI is InChI=1S/C27H45INO5P/c1-2-3-4-5-6-7-8-9-10-11-12-13-14-15-16-17-27(30)29-26(23-34-35(31,32)33)22-24-18-20-25(28)21-19-24/h9-10,18-21,26H,2-8,11-17,22-23H2,1H3,(H,29,30)(H2,31,32,33)/b10-9-/t26-/m0/s1. The van der Waals surface area contributed by atoms with E-state index in [1.807, 2.05) is 24.3 Å². The number of allylic oxidation sites excluding steroid dienone is 2. The molecule has 0 spiro atoms. The first-order valence-electron chi connectivity index (χ1n) is 13.2. The van der Waals surface area contributed by atoms with Gasteiger partial charge in [0, 0.05) is 9.99 Å². The van der Waals surface area contributed by atoms with Crippen LogP contribution in [0, 0.1) is 3.57 Å². The molecule has 35 heavy (non-hydrogen) atoms. The monoisotopic (exact) mass is 621 g/mol. The average molecular weight is 622 g/mol. The number of carbonyl (C=O) groups excluding carboxylic acids is 1. The van der Waals surface area contributed by atoms with Gasteiger partial charge in [0.2, 0.25) is 5.91 Å². The topological polar surface area (TPSA) is 95.9 Å². The minimum absolute atomic E-state index is 0.104. The zero-order valence-corrected chi connectivity index (χ0v) is 24.4. The van der Waals surface area contributed by atoms with E-state index in [0.717, 1.165) is 34.8 Å². The Hall–Kier alpha value is -0.730. The van der Waals surface area contributed by atoms with Crippen molar-refractivity contribution in [3.63, 3.8) is 0 Å². The zero-order chi connectivity index (χ0) is 25.8. The summed E-state index contributed by atoms with van der Waals surface area (Å²) in [6.07, 6.45) is 21.2. The molecule has 0 aliphatic heterocycles. The summed E-state index contributed by atoms with van der Waals surface area (Å²) in [4.78, 5) is 30.4.